The van der Waals surface area contributed by atoms with E-state index in [-0.39, 0.29) is 5.91 Å². The molecule has 1 heterocycles. The third-order valence-corrected chi connectivity index (χ3v) is 4.55. The van der Waals surface area contributed by atoms with Crippen LogP contribution in [-0.2, 0) is 4.79 Å². The molecule has 17 heavy (non-hydrogen) atoms. The largest absolute Gasteiger partial charge is 0.354 e. The predicted molar refractivity (Wildman–Crippen MR) is 66.7 cm³/mol. The maximum Gasteiger partial charge on any atom is 0.234 e. The molecule has 0 unspecified atom stereocenters. The Labute approximate surface area is 103 Å². The molecule has 2 N–H and O–H groups in total. The first-order valence-corrected chi connectivity index (χ1v) is 6.98. The number of rotatable bonds is 5. The first-order chi connectivity index (χ1) is 8.28. The quantitative estimate of drug-likeness (QED) is 0.718. The number of amides is 1. The van der Waals surface area contributed by atoms with Crippen LogP contribution in [0.15, 0.2) is 0 Å². The Balaban J connectivity index is 1.38. The molecular weight excluding hydrogens is 214 g/mol. The van der Waals surface area contributed by atoms with E-state index in [4.69, 9.17) is 0 Å². The van der Waals surface area contributed by atoms with Crippen molar-refractivity contribution in [2.45, 2.75) is 25.7 Å². The number of nitrogens with zero attached hydrogens (tertiary/aromatic N) is 1. The Kier molecular flexibility index (Phi) is 3.09. The van der Waals surface area contributed by atoms with Crippen LogP contribution < -0.4 is 10.6 Å². The van der Waals surface area contributed by atoms with Gasteiger partial charge in [0.2, 0.25) is 5.91 Å². The molecule has 2 saturated carbocycles. The Morgan fingerprint density at radius 2 is 2.00 bits per heavy atom. The monoisotopic (exact) mass is 237 g/mol. The van der Waals surface area contributed by atoms with Gasteiger partial charge in [-0.3, -0.25) is 9.69 Å². The normalized spacial score (nSPS) is 27.8. The third kappa shape index (κ3) is 2.80. The van der Waals surface area contributed by atoms with E-state index in [1.807, 2.05) is 0 Å². The van der Waals surface area contributed by atoms with Gasteiger partial charge in [0.05, 0.1) is 6.54 Å². The molecule has 4 nitrogen and oxygen atoms in total. The summed E-state index contributed by atoms with van der Waals surface area (Å²) in [6.07, 6.45) is 5.47. The third-order valence-electron chi connectivity index (χ3n) is 4.55. The van der Waals surface area contributed by atoms with Gasteiger partial charge in [0, 0.05) is 32.7 Å². The topological polar surface area (TPSA) is 44.4 Å². The number of hydrogen-bond acceptors (Lipinski definition) is 3. The van der Waals surface area contributed by atoms with Crippen molar-refractivity contribution in [2.24, 2.45) is 11.3 Å². The van der Waals surface area contributed by atoms with Gasteiger partial charge in [-0.15, -0.1) is 0 Å². The molecule has 0 atom stereocenters. The highest BCUT2D eigenvalue weighted by molar-refractivity contribution is 5.78. The van der Waals surface area contributed by atoms with Gasteiger partial charge in [-0.25, -0.2) is 0 Å². The summed E-state index contributed by atoms with van der Waals surface area (Å²) in [5, 5.41) is 6.46. The van der Waals surface area contributed by atoms with Crippen LogP contribution >= 0.6 is 0 Å². The molecule has 0 aromatic carbocycles. The number of piperazine rings is 1. The van der Waals surface area contributed by atoms with Gasteiger partial charge in [0.1, 0.15) is 0 Å². The first kappa shape index (κ1) is 11.5. The summed E-state index contributed by atoms with van der Waals surface area (Å²) in [5.74, 6) is 1.15. The molecular formula is C13H23N3O. The SMILES string of the molecule is O=C(CN1CCNCC1)NCC1(C2CC2)CC1. The summed E-state index contributed by atoms with van der Waals surface area (Å²) in [6.45, 7) is 5.55. The first-order valence-electron chi connectivity index (χ1n) is 6.98. The van der Waals surface area contributed by atoms with Gasteiger partial charge >= 0.3 is 0 Å². The van der Waals surface area contributed by atoms with Gasteiger partial charge in [0.15, 0.2) is 0 Å². The van der Waals surface area contributed by atoms with E-state index < -0.39 is 0 Å². The zero-order valence-electron chi connectivity index (χ0n) is 10.5. The lowest BCUT2D eigenvalue weighted by molar-refractivity contribution is -0.122. The minimum Gasteiger partial charge on any atom is -0.354 e. The Morgan fingerprint density at radius 3 is 2.59 bits per heavy atom. The molecule has 2 aliphatic carbocycles. The van der Waals surface area contributed by atoms with Gasteiger partial charge < -0.3 is 10.6 Å². The van der Waals surface area contributed by atoms with Crippen LogP contribution in [0.3, 0.4) is 0 Å². The second-order valence-electron chi connectivity index (χ2n) is 5.94. The van der Waals surface area contributed by atoms with Crippen LogP contribution in [0.2, 0.25) is 0 Å². The molecule has 0 bridgehead atoms. The van der Waals surface area contributed by atoms with Crippen LogP contribution in [0.1, 0.15) is 25.7 Å². The standard InChI is InChI=1S/C13H23N3O/c17-12(9-16-7-5-14-6-8-16)15-10-13(3-4-13)11-1-2-11/h11,14H,1-10H2,(H,15,17). The van der Waals surface area contributed by atoms with Crippen LogP contribution in [0.25, 0.3) is 0 Å². The molecule has 3 rings (SSSR count). The Bertz CT molecular complexity index is 291. The van der Waals surface area contributed by atoms with Gasteiger partial charge in [-0.05, 0) is 37.0 Å². The minimum absolute atomic E-state index is 0.221. The lowest BCUT2D eigenvalue weighted by Crippen LogP contribution is -2.48. The summed E-state index contributed by atoms with van der Waals surface area (Å²) < 4.78 is 0. The van der Waals surface area contributed by atoms with Crippen molar-refractivity contribution in [1.82, 2.24) is 15.5 Å². The summed E-state index contributed by atoms with van der Waals surface area (Å²) in [4.78, 5) is 14.1. The zero-order valence-corrected chi connectivity index (χ0v) is 10.5. The van der Waals surface area contributed by atoms with E-state index in [1.54, 1.807) is 0 Å². The minimum atomic E-state index is 0.221. The van der Waals surface area contributed by atoms with Crippen LogP contribution in [0, 0.1) is 11.3 Å². The fourth-order valence-corrected chi connectivity index (χ4v) is 2.99. The molecule has 96 valence electrons. The summed E-state index contributed by atoms with van der Waals surface area (Å²) in [5.41, 5.74) is 0.527. The van der Waals surface area contributed by atoms with Gasteiger partial charge in [0.25, 0.3) is 0 Å². The Morgan fingerprint density at radius 1 is 1.29 bits per heavy atom. The molecule has 3 fully saturated rings. The second kappa shape index (κ2) is 4.58. The maximum atomic E-state index is 11.9. The molecule has 0 aromatic heterocycles. The molecule has 1 amide bonds. The van der Waals surface area contributed by atoms with E-state index in [2.05, 4.69) is 15.5 Å². The molecule has 1 saturated heterocycles. The number of carbonyl (C=O) groups is 1. The number of hydrogen-bond donors (Lipinski definition) is 2. The van der Waals surface area contributed by atoms with Crippen molar-refractivity contribution in [3.63, 3.8) is 0 Å². The second-order valence-corrected chi connectivity index (χ2v) is 5.94. The van der Waals surface area contributed by atoms with E-state index in [0.717, 1.165) is 38.6 Å². The highest BCUT2D eigenvalue weighted by Crippen LogP contribution is 2.60. The van der Waals surface area contributed by atoms with E-state index in [0.29, 0.717) is 12.0 Å². The molecule has 1 aliphatic heterocycles. The average molecular weight is 237 g/mol. The predicted octanol–water partition coefficient (Wildman–Crippen LogP) is 0.198. The van der Waals surface area contributed by atoms with Crippen LogP contribution in [-0.4, -0.2) is 50.1 Å². The lowest BCUT2D eigenvalue weighted by Gasteiger charge is -2.26. The number of carbonyl (C=O) groups excluding carboxylic acids is 1. The van der Waals surface area contributed by atoms with Crippen LogP contribution in [0.4, 0.5) is 0 Å². The maximum absolute atomic E-state index is 11.9. The van der Waals surface area contributed by atoms with Gasteiger partial charge in [-0.1, -0.05) is 0 Å². The molecule has 0 radical (unpaired) electrons. The van der Waals surface area contributed by atoms with Crippen molar-refractivity contribution in [2.75, 3.05) is 39.3 Å². The molecule has 0 aromatic rings. The van der Waals surface area contributed by atoms with Crippen molar-refractivity contribution in [3.8, 4) is 0 Å². The van der Waals surface area contributed by atoms with Crippen molar-refractivity contribution in [3.05, 3.63) is 0 Å². The fourth-order valence-electron chi connectivity index (χ4n) is 2.99. The summed E-state index contributed by atoms with van der Waals surface area (Å²) in [6, 6.07) is 0. The molecule has 4 heteroatoms. The van der Waals surface area contributed by atoms with Crippen molar-refractivity contribution < 1.29 is 4.79 Å². The fraction of sp³-hybridized carbons (Fsp3) is 0.923. The zero-order chi connectivity index (χ0) is 11.7. The molecule has 0 spiro atoms. The van der Waals surface area contributed by atoms with Crippen molar-refractivity contribution >= 4 is 5.91 Å². The highest BCUT2D eigenvalue weighted by atomic mass is 16.2. The van der Waals surface area contributed by atoms with Gasteiger partial charge in [-0.2, -0.15) is 0 Å². The average Bonchev–Trinajstić information content (AvgIpc) is 3.20. The molecule has 3 aliphatic rings. The van der Waals surface area contributed by atoms with E-state index in [9.17, 15) is 4.79 Å². The summed E-state index contributed by atoms with van der Waals surface area (Å²) in [7, 11) is 0. The van der Waals surface area contributed by atoms with Crippen molar-refractivity contribution in [1.29, 1.82) is 0 Å². The lowest BCUT2D eigenvalue weighted by atomic mass is 10.0. The summed E-state index contributed by atoms with van der Waals surface area (Å²) >= 11 is 0. The van der Waals surface area contributed by atoms with E-state index in [1.165, 1.54) is 25.7 Å². The highest BCUT2D eigenvalue weighted by Gasteiger charge is 2.53. The van der Waals surface area contributed by atoms with Crippen LogP contribution in [0.5, 0.6) is 0 Å². The van der Waals surface area contributed by atoms with E-state index >= 15 is 0 Å². The smallest absolute Gasteiger partial charge is 0.234 e. The number of nitrogens with one attached hydrogen (secondary N) is 2. The Hall–Kier alpha value is -0.610.